The lowest BCUT2D eigenvalue weighted by Gasteiger charge is -1.99. The Balaban J connectivity index is 2.40. The Kier molecular flexibility index (Phi) is 4.28. The van der Waals surface area contributed by atoms with E-state index >= 15 is 0 Å². The van der Waals surface area contributed by atoms with E-state index in [0.29, 0.717) is 5.56 Å². The Morgan fingerprint density at radius 2 is 1.67 bits per heavy atom. The minimum Gasteiger partial charge on any atom is -0.503 e. The molecule has 1 heterocycles. The summed E-state index contributed by atoms with van der Waals surface area (Å²) < 4.78 is 4.77. The summed E-state index contributed by atoms with van der Waals surface area (Å²) in [5.74, 6) is -2.43. The van der Waals surface area contributed by atoms with E-state index in [1.54, 1.807) is 31.2 Å². The molecule has 0 bridgehead atoms. The van der Waals surface area contributed by atoms with Crippen LogP contribution < -0.4 is 0 Å². The molecule has 0 aliphatic carbocycles. The van der Waals surface area contributed by atoms with Crippen LogP contribution in [0.1, 0.15) is 37.4 Å². The van der Waals surface area contributed by atoms with Crippen molar-refractivity contribution in [2.45, 2.75) is 13.8 Å². The fraction of sp³-hybridized carbons (Fsp3) is 0.200. The third kappa shape index (κ3) is 2.90. The summed E-state index contributed by atoms with van der Waals surface area (Å²) in [6, 6.07) is 6.78. The molecular formula is C15H14O5S. The molecule has 5 nitrogen and oxygen atoms in total. The minimum absolute atomic E-state index is 0.0839. The van der Waals surface area contributed by atoms with Gasteiger partial charge in [-0.2, -0.15) is 0 Å². The molecule has 0 unspecified atom stereocenters. The van der Waals surface area contributed by atoms with Gasteiger partial charge >= 0.3 is 5.97 Å². The van der Waals surface area contributed by atoms with E-state index in [9.17, 15) is 19.8 Å². The SMILES string of the molecule is CCOC(=O)c1sc(C(=O)c2ccc(C)cc2)c(O)c1O. The van der Waals surface area contributed by atoms with Crippen molar-refractivity contribution >= 4 is 23.1 Å². The van der Waals surface area contributed by atoms with Crippen LogP contribution in [0.4, 0.5) is 0 Å². The van der Waals surface area contributed by atoms with Gasteiger partial charge in [-0.25, -0.2) is 4.79 Å². The number of esters is 1. The number of hydrogen-bond acceptors (Lipinski definition) is 6. The normalized spacial score (nSPS) is 10.4. The Morgan fingerprint density at radius 1 is 1.10 bits per heavy atom. The van der Waals surface area contributed by atoms with Crippen molar-refractivity contribution in [3.8, 4) is 11.5 Å². The second-order valence-corrected chi connectivity index (χ2v) is 5.39. The fourth-order valence-electron chi connectivity index (χ4n) is 1.74. The van der Waals surface area contributed by atoms with Crippen molar-refractivity contribution in [2.75, 3.05) is 6.61 Å². The molecule has 6 heteroatoms. The number of ether oxygens (including phenoxy) is 1. The molecule has 1 aromatic heterocycles. The van der Waals surface area contributed by atoms with Gasteiger partial charge in [-0.3, -0.25) is 4.79 Å². The summed E-state index contributed by atoms with van der Waals surface area (Å²) in [7, 11) is 0. The van der Waals surface area contributed by atoms with Crippen molar-refractivity contribution in [1.29, 1.82) is 0 Å². The minimum atomic E-state index is -0.766. The maximum atomic E-state index is 12.3. The summed E-state index contributed by atoms with van der Waals surface area (Å²) in [6.07, 6.45) is 0. The lowest BCUT2D eigenvalue weighted by Crippen LogP contribution is -2.02. The molecule has 2 aromatic rings. The number of thiophene rings is 1. The number of aromatic hydroxyl groups is 2. The average Bonchev–Trinajstić information content (AvgIpc) is 2.76. The molecule has 0 saturated carbocycles. The van der Waals surface area contributed by atoms with Crippen LogP contribution in [0.5, 0.6) is 11.5 Å². The van der Waals surface area contributed by atoms with Gasteiger partial charge in [-0.05, 0) is 13.8 Å². The van der Waals surface area contributed by atoms with Gasteiger partial charge in [0.15, 0.2) is 16.4 Å². The second kappa shape index (κ2) is 5.97. The van der Waals surface area contributed by atoms with Gasteiger partial charge in [-0.15, -0.1) is 11.3 Å². The van der Waals surface area contributed by atoms with E-state index in [-0.39, 0.29) is 16.4 Å². The van der Waals surface area contributed by atoms with E-state index in [2.05, 4.69) is 0 Å². The summed E-state index contributed by atoms with van der Waals surface area (Å²) in [4.78, 5) is 23.7. The Bertz CT molecular complexity index is 685. The topological polar surface area (TPSA) is 83.8 Å². The molecule has 0 fully saturated rings. The van der Waals surface area contributed by atoms with Crippen LogP contribution in [0, 0.1) is 6.92 Å². The zero-order valence-electron chi connectivity index (χ0n) is 11.5. The summed E-state index contributed by atoms with van der Waals surface area (Å²) >= 11 is 0.717. The molecule has 0 amide bonds. The van der Waals surface area contributed by atoms with E-state index in [0.717, 1.165) is 16.9 Å². The molecule has 110 valence electrons. The smallest absolute Gasteiger partial charge is 0.352 e. The highest BCUT2D eigenvalue weighted by atomic mass is 32.1. The first kappa shape index (κ1) is 15.1. The van der Waals surface area contributed by atoms with E-state index in [4.69, 9.17) is 4.74 Å². The number of benzene rings is 1. The molecule has 21 heavy (non-hydrogen) atoms. The molecule has 0 saturated heterocycles. The maximum Gasteiger partial charge on any atom is 0.352 e. The van der Waals surface area contributed by atoms with Gasteiger partial charge in [0.25, 0.3) is 0 Å². The van der Waals surface area contributed by atoms with Crippen molar-refractivity contribution < 1.29 is 24.5 Å². The first-order valence-electron chi connectivity index (χ1n) is 6.28. The Morgan fingerprint density at radius 3 is 2.24 bits per heavy atom. The van der Waals surface area contributed by atoms with Gasteiger partial charge in [-0.1, -0.05) is 29.8 Å². The van der Waals surface area contributed by atoms with Crippen LogP contribution in [-0.2, 0) is 4.74 Å². The largest absolute Gasteiger partial charge is 0.503 e. The van der Waals surface area contributed by atoms with Crippen LogP contribution in [0.15, 0.2) is 24.3 Å². The number of carbonyl (C=O) groups excluding carboxylic acids is 2. The highest BCUT2D eigenvalue weighted by Crippen LogP contribution is 2.41. The first-order valence-corrected chi connectivity index (χ1v) is 7.10. The van der Waals surface area contributed by atoms with E-state index in [1.807, 2.05) is 6.92 Å². The monoisotopic (exact) mass is 306 g/mol. The fourth-order valence-corrected chi connectivity index (χ4v) is 2.68. The summed E-state index contributed by atoms with van der Waals surface area (Å²) in [6.45, 7) is 3.65. The van der Waals surface area contributed by atoms with Crippen LogP contribution >= 0.6 is 11.3 Å². The van der Waals surface area contributed by atoms with Crippen molar-refractivity contribution in [3.63, 3.8) is 0 Å². The van der Waals surface area contributed by atoms with Gasteiger partial charge in [0.05, 0.1) is 6.61 Å². The van der Waals surface area contributed by atoms with Crippen molar-refractivity contribution in [1.82, 2.24) is 0 Å². The average molecular weight is 306 g/mol. The van der Waals surface area contributed by atoms with Crippen molar-refractivity contribution in [3.05, 3.63) is 45.1 Å². The molecule has 1 aromatic carbocycles. The maximum absolute atomic E-state index is 12.3. The summed E-state index contributed by atoms with van der Waals surface area (Å²) in [5, 5.41) is 19.6. The van der Waals surface area contributed by atoms with Crippen LogP contribution in [0.25, 0.3) is 0 Å². The molecule has 0 spiro atoms. The van der Waals surface area contributed by atoms with Crippen LogP contribution in [0.3, 0.4) is 0 Å². The van der Waals surface area contributed by atoms with Gasteiger partial charge < -0.3 is 14.9 Å². The van der Waals surface area contributed by atoms with Gasteiger partial charge in [0.2, 0.25) is 5.78 Å². The Hall–Kier alpha value is -2.34. The Labute approximate surface area is 125 Å². The predicted octanol–water partition coefficient (Wildman–Crippen LogP) is 2.88. The van der Waals surface area contributed by atoms with E-state index in [1.165, 1.54) is 0 Å². The quantitative estimate of drug-likeness (QED) is 0.670. The van der Waals surface area contributed by atoms with Gasteiger partial charge in [0.1, 0.15) is 4.88 Å². The lowest BCUT2D eigenvalue weighted by atomic mass is 10.1. The standard InChI is InChI=1S/C15H14O5S/c1-3-20-15(19)14-12(18)11(17)13(21-14)10(16)9-6-4-8(2)5-7-9/h4-7,17-18H,3H2,1-2H3. The molecule has 0 aliphatic heterocycles. The molecule has 2 N–H and O–H groups in total. The number of ketones is 1. The molecule has 0 atom stereocenters. The number of rotatable bonds is 4. The molecule has 0 radical (unpaired) electrons. The lowest BCUT2D eigenvalue weighted by molar-refractivity contribution is 0.0528. The summed E-state index contributed by atoms with van der Waals surface area (Å²) in [5.41, 5.74) is 1.37. The van der Waals surface area contributed by atoms with Gasteiger partial charge in [0, 0.05) is 5.56 Å². The second-order valence-electron chi connectivity index (χ2n) is 4.37. The zero-order valence-corrected chi connectivity index (χ0v) is 12.4. The van der Waals surface area contributed by atoms with Crippen LogP contribution in [-0.4, -0.2) is 28.6 Å². The number of aryl methyl sites for hydroxylation is 1. The first-order chi connectivity index (χ1) is 9.95. The third-order valence-electron chi connectivity index (χ3n) is 2.84. The molecule has 2 rings (SSSR count). The van der Waals surface area contributed by atoms with Crippen molar-refractivity contribution in [2.24, 2.45) is 0 Å². The highest BCUT2D eigenvalue weighted by Gasteiger charge is 2.27. The number of carbonyl (C=O) groups is 2. The molecular weight excluding hydrogens is 292 g/mol. The number of hydrogen-bond donors (Lipinski definition) is 2. The van der Waals surface area contributed by atoms with E-state index < -0.39 is 23.3 Å². The molecule has 0 aliphatic rings. The van der Waals surface area contributed by atoms with Crippen LogP contribution in [0.2, 0.25) is 0 Å². The predicted molar refractivity (Wildman–Crippen MR) is 78.2 cm³/mol. The zero-order chi connectivity index (χ0) is 15.6. The third-order valence-corrected chi connectivity index (χ3v) is 3.99. The highest BCUT2D eigenvalue weighted by molar-refractivity contribution is 7.16.